The van der Waals surface area contributed by atoms with Crippen LogP contribution in [0.5, 0.6) is 0 Å². The Labute approximate surface area is 101 Å². The van der Waals surface area contributed by atoms with Gasteiger partial charge in [-0.25, -0.2) is 0 Å². The number of nitrogens with zero attached hydrogens (tertiary/aromatic N) is 2. The van der Waals surface area contributed by atoms with Crippen molar-refractivity contribution in [1.29, 1.82) is 0 Å². The summed E-state index contributed by atoms with van der Waals surface area (Å²) in [6, 6.07) is 0. The number of nitrogen functional groups attached to an aromatic ring is 1. The fraction of sp³-hybridized carbons (Fsp3) is 0.750. The summed E-state index contributed by atoms with van der Waals surface area (Å²) in [5.41, 5.74) is 7.35. The van der Waals surface area contributed by atoms with E-state index in [2.05, 4.69) is 16.2 Å². The summed E-state index contributed by atoms with van der Waals surface area (Å²) in [5.74, 6) is 2.38. The van der Waals surface area contributed by atoms with Gasteiger partial charge >= 0.3 is 0 Å². The summed E-state index contributed by atoms with van der Waals surface area (Å²) in [5, 5.41) is 1.37. The third kappa shape index (κ3) is 1.69. The van der Waals surface area contributed by atoms with Gasteiger partial charge in [-0.2, -0.15) is 4.37 Å². The van der Waals surface area contributed by atoms with Crippen LogP contribution in [0.25, 0.3) is 0 Å². The second kappa shape index (κ2) is 3.91. The van der Waals surface area contributed by atoms with Crippen molar-refractivity contribution in [3.8, 4) is 0 Å². The lowest BCUT2D eigenvalue weighted by molar-refractivity contribution is 0.569. The fourth-order valence-electron chi connectivity index (χ4n) is 2.63. The van der Waals surface area contributed by atoms with Gasteiger partial charge in [-0.3, -0.25) is 0 Å². The maximum Gasteiger partial charge on any atom is 0.142 e. The van der Waals surface area contributed by atoms with Crippen molar-refractivity contribution in [2.24, 2.45) is 5.92 Å². The van der Waals surface area contributed by atoms with E-state index >= 15 is 0 Å². The van der Waals surface area contributed by atoms with Gasteiger partial charge < -0.3 is 10.6 Å². The highest BCUT2D eigenvalue weighted by Crippen LogP contribution is 2.49. The minimum absolute atomic E-state index is 0.717. The number of hydrogen-bond donors (Lipinski definition) is 1. The van der Waals surface area contributed by atoms with E-state index in [4.69, 9.17) is 5.73 Å². The molecule has 0 spiro atoms. The van der Waals surface area contributed by atoms with Gasteiger partial charge in [-0.15, -0.1) is 0 Å². The molecule has 2 N–H and O–H groups in total. The Morgan fingerprint density at radius 2 is 2.25 bits per heavy atom. The summed E-state index contributed by atoms with van der Waals surface area (Å²) in [6.07, 6.45) is 5.24. The Kier molecular flexibility index (Phi) is 2.54. The second-order valence-electron chi connectivity index (χ2n) is 5.07. The molecule has 1 aromatic rings. The Balaban J connectivity index is 1.83. The fourth-order valence-corrected chi connectivity index (χ4v) is 3.57. The summed E-state index contributed by atoms with van der Waals surface area (Å²) in [4.78, 5) is 2.51. The monoisotopic (exact) mass is 237 g/mol. The number of nitrogens with two attached hydrogens (primary N) is 1. The van der Waals surface area contributed by atoms with Crippen LogP contribution in [0, 0.1) is 5.92 Å². The van der Waals surface area contributed by atoms with Crippen LogP contribution < -0.4 is 10.6 Å². The van der Waals surface area contributed by atoms with Gasteiger partial charge in [0.25, 0.3) is 0 Å². The Morgan fingerprint density at radius 3 is 2.88 bits per heavy atom. The molecule has 1 aromatic heterocycles. The first kappa shape index (κ1) is 10.4. The van der Waals surface area contributed by atoms with Gasteiger partial charge in [0.05, 0.1) is 0 Å². The number of rotatable bonds is 3. The summed E-state index contributed by atoms with van der Waals surface area (Å²) in [6.45, 7) is 4.69. The minimum Gasteiger partial charge on any atom is -0.383 e. The maximum absolute atomic E-state index is 5.99. The van der Waals surface area contributed by atoms with Gasteiger partial charge in [0.1, 0.15) is 10.8 Å². The standard InChI is InChI=1S/C12H19N3S/c1-2-8-5-6-15(7-8)12-10(9-3-4-9)11(13)14-16-12/h8-9H,2-7H2,1H3,(H2,13,14). The Morgan fingerprint density at radius 1 is 1.44 bits per heavy atom. The third-order valence-corrected chi connectivity index (χ3v) is 4.81. The average molecular weight is 237 g/mol. The smallest absolute Gasteiger partial charge is 0.142 e. The van der Waals surface area contributed by atoms with Crippen LogP contribution in [0.3, 0.4) is 0 Å². The molecule has 0 radical (unpaired) electrons. The normalized spacial score (nSPS) is 25.3. The molecule has 1 aliphatic heterocycles. The molecule has 16 heavy (non-hydrogen) atoms. The predicted octanol–water partition coefficient (Wildman–Crippen LogP) is 2.84. The molecule has 4 heteroatoms. The van der Waals surface area contributed by atoms with E-state index in [0.717, 1.165) is 17.7 Å². The molecule has 1 atom stereocenters. The molecule has 0 amide bonds. The second-order valence-corrected chi connectivity index (χ2v) is 5.82. The SMILES string of the molecule is CCC1CCN(c2snc(N)c2C2CC2)C1. The lowest BCUT2D eigenvalue weighted by Gasteiger charge is -2.17. The highest BCUT2D eigenvalue weighted by molar-refractivity contribution is 7.10. The van der Waals surface area contributed by atoms with Crippen molar-refractivity contribution in [2.45, 2.75) is 38.5 Å². The zero-order valence-electron chi connectivity index (χ0n) is 9.78. The van der Waals surface area contributed by atoms with Gasteiger partial charge in [0, 0.05) is 18.7 Å². The molecule has 1 saturated carbocycles. The van der Waals surface area contributed by atoms with Crippen molar-refractivity contribution >= 4 is 22.4 Å². The molecular formula is C12H19N3S. The highest BCUT2D eigenvalue weighted by Gasteiger charge is 2.34. The van der Waals surface area contributed by atoms with Crippen LogP contribution in [0.15, 0.2) is 0 Å². The van der Waals surface area contributed by atoms with E-state index in [1.54, 1.807) is 11.5 Å². The first-order chi connectivity index (χ1) is 7.79. The van der Waals surface area contributed by atoms with Gasteiger partial charge in [0.15, 0.2) is 0 Å². The van der Waals surface area contributed by atoms with Crippen molar-refractivity contribution < 1.29 is 0 Å². The summed E-state index contributed by atoms with van der Waals surface area (Å²) < 4.78 is 4.35. The molecule has 88 valence electrons. The van der Waals surface area contributed by atoms with Crippen LogP contribution in [0.2, 0.25) is 0 Å². The first-order valence-electron chi connectivity index (χ1n) is 6.29. The Bertz CT molecular complexity index is 384. The number of hydrogen-bond acceptors (Lipinski definition) is 4. The third-order valence-electron chi connectivity index (χ3n) is 3.87. The van der Waals surface area contributed by atoms with Crippen molar-refractivity contribution in [3.63, 3.8) is 0 Å². The van der Waals surface area contributed by atoms with Crippen LogP contribution in [0.4, 0.5) is 10.8 Å². The lowest BCUT2D eigenvalue weighted by atomic mass is 10.1. The van der Waals surface area contributed by atoms with Gasteiger partial charge in [0.2, 0.25) is 0 Å². The average Bonchev–Trinajstić information content (AvgIpc) is 2.88. The van der Waals surface area contributed by atoms with Crippen LogP contribution in [0.1, 0.15) is 44.1 Å². The van der Waals surface area contributed by atoms with Crippen molar-refractivity contribution in [1.82, 2.24) is 4.37 Å². The molecule has 0 bridgehead atoms. The van der Waals surface area contributed by atoms with E-state index in [0.29, 0.717) is 0 Å². The molecule has 2 fully saturated rings. The summed E-state index contributed by atoms with van der Waals surface area (Å²) in [7, 11) is 0. The van der Waals surface area contributed by atoms with Crippen LogP contribution >= 0.6 is 11.5 Å². The first-order valence-corrected chi connectivity index (χ1v) is 7.07. The molecule has 1 unspecified atom stereocenters. The van der Waals surface area contributed by atoms with Gasteiger partial charge in [-0.05, 0) is 42.6 Å². The molecule has 3 rings (SSSR count). The van der Waals surface area contributed by atoms with Crippen LogP contribution in [-0.2, 0) is 0 Å². The molecular weight excluding hydrogens is 218 g/mol. The molecule has 1 saturated heterocycles. The minimum atomic E-state index is 0.717. The van der Waals surface area contributed by atoms with Crippen molar-refractivity contribution in [2.75, 3.05) is 23.7 Å². The van der Waals surface area contributed by atoms with E-state index in [9.17, 15) is 0 Å². The summed E-state index contributed by atoms with van der Waals surface area (Å²) >= 11 is 1.61. The van der Waals surface area contributed by atoms with E-state index < -0.39 is 0 Å². The zero-order chi connectivity index (χ0) is 11.1. The largest absolute Gasteiger partial charge is 0.383 e. The van der Waals surface area contributed by atoms with E-state index in [1.165, 1.54) is 49.3 Å². The molecule has 2 aliphatic rings. The Hall–Kier alpha value is -0.770. The quantitative estimate of drug-likeness (QED) is 0.879. The topological polar surface area (TPSA) is 42.2 Å². The molecule has 0 aromatic carbocycles. The van der Waals surface area contributed by atoms with Crippen molar-refractivity contribution in [3.05, 3.63) is 5.56 Å². The van der Waals surface area contributed by atoms with Crippen LogP contribution in [-0.4, -0.2) is 17.5 Å². The number of anilines is 2. The van der Waals surface area contributed by atoms with E-state index in [1.807, 2.05) is 0 Å². The predicted molar refractivity (Wildman–Crippen MR) is 69.1 cm³/mol. The molecule has 2 heterocycles. The van der Waals surface area contributed by atoms with Gasteiger partial charge in [-0.1, -0.05) is 13.3 Å². The number of aromatic nitrogens is 1. The zero-order valence-corrected chi connectivity index (χ0v) is 10.6. The maximum atomic E-state index is 5.99. The molecule has 1 aliphatic carbocycles. The van der Waals surface area contributed by atoms with E-state index in [-0.39, 0.29) is 0 Å². The lowest BCUT2D eigenvalue weighted by Crippen LogP contribution is -2.19. The molecule has 3 nitrogen and oxygen atoms in total. The highest BCUT2D eigenvalue weighted by atomic mass is 32.1.